The number of hydrazine groups is 1. The number of rotatable bonds is 1. The largest absolute Gasteiger partial charge is 0.378 e. The second-order valence-corrected chi connectivity index (χ2v) is 3.39. The molecule has 1 aliphatic rings. The molecule has 1 aliphatic heterocycles. The molecule has 5 nitrogen and oxygen atoms in total. The Hall–Kier alpha value is -0.880. The molecule has 74 valence electrons. The van der Waals surface area contributed by atoms with Crippen LogP contribution in [0.15, 0.2) is 0 Å². The van der Waals surface area contributed by atoms with Gasteiger partial charge in [-0.2, -0.15) is 0 Å². The van der Waals surface area contributed by atoms with Gasteiger partial charge in [0.05, 0.1) is 12.0 Å². The predicted octanol–water partition coefficient (Wildman–Crippen LogP) is -0.724. The zero-order valence-electron chi connectivity index (χ0n) is 7.37. The highest BCUT2D eigenvalue weighted by molar-refractivity contribution is 7.80. The molecule has 4 N–H and O–H groups in total. The summed E-state index contributed by atoms with van der Waals surface area (Å²) in [5.74, 6) is -0.236. The average molecular weight is 203 g/mol. The summed E-state index contributed by atoms with van der Waals surface area (Å²) in [5, 5.41) is 0.0555. The third-order valence-corrected chi connectivity index (χ3v) is 2.12. The number of carbonyl (C=O) groups excluding carboxylic acids is 1. The quantitative estimate of drug-likeness (QED) is 0.387. The van der Waals surface area contributed by atoms with Gasteiger partial charge in [0.1, 0.15) is 0 Å². The minimum atomic E-state index is -0.127. The van der Waals surface area contributed by atoms with E-state index < -0.39 is 0 Å². The van der Waals surface area contributed by atoms with Gasteiger partial charge in [0.15, 0.2) is 5.11 Å². The van der Waals surface area contributed by atoms with Crippen molar-refractivity contribution in [2.45, 2.75) is 19.4 Å². The summed E-state index contributed by atoms with van der Waals surface area (Å²) >= 11 is 4.54. The molecule has 0 aliphatic carbocycles. The highest BCUT2D eigenvalue weighted by atomic mass is 32.1. The maximum Gasteiger partial charge on any atom is 0.244 e. The molecule has 0 radical (unpaired) electrons. The van der Waals surface area contributed by atoms with Crippen LogP contribution in [0.2, 0.25) is 0 Å². The third kappa shape index (κ3) is 2.82. The zero-order valence-corrected chi connectivity index (χ0v) is 8.19. The topological polar surface area (TPSA) is 76.4 Å². The van der Waals surface area contributed by atoms with Crippen molar-refractivity contribution >= 4 is 23.2 Å². The molecule has 1 fully saturated rings. The highest BCUT2D eigenvalue weighted by Crippen LogP contribution is 2.19. The van der Waals surface area contributed by atoms with Crippen LogP contribution in [0.5, 0.6) is 0 Å². The first-order valence-corrected chi connectivity index (χ1v) is 4.49. The third-order valence-electron chi connectivity index (χ3n) is 2.02. The van der Waals surface area contributed by atoms with Gasteiger partial charge in [-0.15, -0.1) is 0 Å². The fourth-order valence-electron chi connectivity index (χ4n) is 1.29. The first-order valence-electron chi connectivity index (χ1n) is 4.08. The lowest BCUT2D eigenvalue weighted by molar-refractivity contribution is -0.126. The van der Waals surface area contributed by atoms with Crippen molar-refractivity contribution in [3.63, 3.8) is 0 Å². The molecular weight excluding hydrogens is 190 g/mol. The van der Waals surface area contributed by atoms with E-state index in [1.54, 1.807) is 0 Å². The zero-order chi connectivity index (χ0) is 9.84. The molecule has 0 aromatic carbocycles. The van der Waals surface area contributed by atoms with E-state index in [0.29, 0.717) is 6.61 Å². The van der Waals surface area contributed by atoms with Gasteiger partial charge in [-0.1, -0.05) is 0 Å². The Morgan fingerprint density at radius 1 is 1.62 bits per heavy atom. The van der Waals surface area contributed by atoms with Gasteiger partial charge in [0.25, 0.3) is 0 Å². The lowest BCUT2D eigenvalue weighted by Crippen LogP contribution is -2.47. The first kappa shape index (κ1) is 10.2. The molecule has 1 saturated heterocycles. The summed E-state index contributed by atoms with van der Waals surface area (Å²) in [6.45, 7) is 2.50. The molecule has 0 spiro atoms. The van der Waals surface area contributed by atoms with Crippen molar-refractivity contribution in [2.24, 2.45) is 11.7 Å². The van der Waals surface area contributed by atoms with Crippen LogP contribution in [0, 0.1) is 5.92 Å². The molecule has 1 rings (SSSR count). The number of hydrogen-bond acceptors (Lipinski definition) is 3. The molecule has 1 heterocycles. The van der Waals surface area contributed by atoms with E-state index in [4.69, 9.17) is 10.5 Å². The molecule has 13 heavy (non-hydrogen) atoms. The van der Waals surface area contributed by atoms with Crippen LogP contribution in [0.4, 0.5) is 0 Å². The average Bonchev–Trinajstić information content (AvgIpc) is 2.47. The summed E-state index contributed by atoms with van der Waals surface area (Å²) in [4.78, 5) is 11.4. The molecule has 0 saturated carbocycles. The van der Waals surface area contributed by atoms with Crippen molar-refractivity contribution in [1.82, 2.24) is 10.9 Å². The molecule has 0 bridgehead atoms. The lowest BCUT2D eigenvalue weighted by Gasteiger charge is -2.14. The number of carbonyl (C=O) groups is 1. The number of ether oxygens (including phenoxy) is 1. The van der Waals surface area contributed by atoms with E-state index in [0.717, 1.165) is 6.42 Å². The normalized spacial score (nSPS) is 26.8. The summed E-state index contributed by atoms with van der Waals surface area (Å²) in [5.41, 5.74) is 9.96. The Morgan fingerprint density at radius 3 is 2.77 bits per heavy atom. The van der Waals surface area contributed by atoms with Gasteiger partial charge in [0.2, 0.25) is 5.91 Å². The van der Waals surface area contributed by atoms with Crippen molar-refractivity contribution in [3.05, 3.63) is 0 Å². The Bertz CT molecular complexity index is 222. The van der Waals surface area contributed by atoms with Crippen LogP contribution in [0.3, 0.4) is 0 Å². The van der Waals surface area contributed by atoms with Crippen LogP contribution in [-0.2, 0) is 9.53 Å². The van der Waals surface area contributed by atoms with Gasteiger partial charge in [-0.05, 0) is 25.6 Å². The Kier molecular flexibility index (Phi) is 3.44. The Balaban J connectivity index is 2.34. The fraction of sp³-hybridized carbons (Fsp3) is 0.714. The van der Waals surface area contributed by atoms with Crippen molar-refractivity contribution < 1.29 is 9.53 Å². The molecule has 0 aromatic heterocycles. The van der Waals surface area contributed by atoms with E-state index in [-0.39, 0.29) is 23.0 Å². The van der Waals surface area contributed by atoms with Crippen LogP contribution in [0.25, 0.3) is 0 Å². The van der Waals surface area contributed by atoms with Crippen LogP contribution >= 0.6 is 12.2 Å². The fourth-order valence-corrected chi connectivity index (χ4v) is 1.34. The Morgan fingerprint density at radius 2 is 2.31 bits per heavy atom. The molecule has 6 heteroatoms. The first-order chi connectivity index (χ1) is 6.11. The van der Waals surface area contributed by atoms with Gasteiger partial charge < -0.3 is 10.5 Å². The molecule has 1 amide bonds. The van der Waals surface area contributed by atoms with Crippen LogP contribution < -0.4 is 16.6 Å². The van der Waals surface area contributed by atoms with Gasteiger partial charge >= 0.3 is 0 Å². The van der Waals surface area contributed by atoms with Crippen LogP contribution in [-0.4, -0.2) is 23.7 Å². The SMILES string of the molecule is CC1OCCC1C(=O)NNC(N)=S. The maximum atomic E-state index is 11.4. The van der Waals surface area contributed by atoms with E-state index in [2.05, 4.69) is 23.1 Å². The van der Waals surface area contributed by atoms with E-state index in [1.807, 2.05) is 6.92 Å². The Labute approximate surface area is 82.0 Å². The highest BCUT2D eigenvalue weighted by Gasteiger charge is 2.30. The molecule has 0 aromatic rings. The van der Waals surface area contributed by atoms with Crippen molar-refractivity contribution in [1.29, 1.82) is 0 Å². The van der Waals surface area contributed by atoms with Crippen molar-refractivity contribution in [2.75, 3.05) is 6.61 Å². The summed E-state index contributed by atoms with van der Waals surface area (Å²) in [6.07, 6.45) is 0.708. The van der Waals surface area contributed by atoms with Crippen molar-refractivity contribution in [3.8, 4) is 0 Å². The minimum Gasteiger partial charge on any atom is -0.378 e. The smallest absolute Gasteiger partial charge is 0.244 e. The minimum absolute atomic E-state index is 0.0341. The molecule has 2 atom stereocenters. The maximum absolute atomic E-state index is 11.4. The molecule has 2 unspecified atom stereocenters. The second-order valence-electron chi connectivity index (χ2n) is 2.95. The second kappa shape index (κ2) is 4.38. The standard InChI is InChI=1S/C7H13N3O2S/c1-4-5(2-3-12-4)6(11)9-10-7(8)13/h4-5H,2-3H2,1H3,(H,9,11)(H3,8,10,13). The van der Waals surface area contributed by atoms with Gasteiger partial charge in [-0.3, -0.25) is 15.6 Å². The number of thiocarbonyl (C=S) groups is 1. The summed E-state index contributed by atoms with van der Waals surface area (Å²) < 4.78 is 5.24. The lowest BCUT2D eigenvalue weighted by atomic mass is 10.0. The number of amides is 1. The van der Waals surface area contributed by atoms with E-state index >= 15 is 0 Å². The van der Waals surface area contributed by atoms with E-state index in [1.165, 1.54) is 0 Å². The van der Waals surface area contributed by atoms with Gasteiger partial charge in [-0.25, -0.2) is 0 Å². The molecular formula is C7H13N3O2S. The number of nitrogens with one attached hydrogen (secondary N) is 2. The monoisotopic (exact) mass is 203 g/mol. The van der Waals surface area contributed by atoms with Crippen LogP contribution in [0.1, 0.15) is 13.3 Å². The van der Waals surface area contributed by atoms with Gasteiger partial charge in [0, 0.05) is 6.61 Å². The number of nitrogens with two attached hydrogens (primary N) is 1. The number of hydrogen-bond donors (Lipinski definition) is 3. The summed E-state index contributed by atoms with van der Waals surface area (Å²) in [6, 6.07) is 0. The summed E-state index contributed by atoms with van der Waals surface area (Å²) in [7, 11) is 0. The predicted molar refractivity (Wildman–Crippen MR) is 51.6 cm³/mol. The van der Waals surface area contributed by atoms with E-state index in [9.17, 15) is 4.79 Å².